The van der Waals surface area contributed by atoms with E-state index >= 15 is 0 Å². The third-order valence-electron chi connectivity index (χ3n) is 3.17. The fourth-order valence-corrected chi connectivity index (χ4v) is 4.43. The van der Waals surface area contributed by atoms with Gasteiger partial charge in [-0.15, -0.1) is 11.6 Å². The first-order valence-electron chi connectivity index (χ1n) is 6.37. The van der Waals surface area contributed by atoms with E-state index in [2.05, 4.69) is 0 Å². The van der Waals surface area contributed by atoms with Gasteiger partial charge >= 0.3 is 0 Å². The van der Waals surface area contributed by atoms with Gasteiger partial charge in [-0.3, -0.25) is 0 Å². The highest BCUT2D eigenvalue weighted by molar-refractivity contribution is 7.89. The van der Waals surface area contributed by atoms with E-state index in [1.807, 2.05) is 6.92 Å². The van der Waals surface area contributed by atoms with E-state index < -0.39 is 10.0 Å². The van der Waals surface area contributed by atoms with Crippen molar-refractivity contribution >= 4 is 33.2 Å². The van der Waals surface area contributed by atoms with Crippen LogP contribution in [0, 0.1) is 0 Å². The second-order valence-corrected chi connectivity index (χ2v) is 7.30. The summed E-state index contributed by atoms with van der Waals surface area (Å²) in [6, 6.07) is 4.93. The smallest absolute Gasteiger partial charge is 0.207 e. The number of hydrogen-bond acceptors (Lipinski definition) is 2. The molecule has 0 spiro atoms. The molecule has 19 heavy (non-hydrogen) atoms. The van der Waals surface area contributed by atoms with E-state index in [0.717, 1.165) is 24.8 Å². The molecule has 0 atom stereocenters. The molecule has 0 saturated heterocycles. The summed E-state index contributed by atoms with van der Waals surface area (Å²) in [6.07, 6.45) is 2.71. The summed E-state index contributed by atoms with van der Waals surface area (Å²) in [4.78, 5) is 0.256. The van der Waals surface area contributed by atoms with Gasteiger partial charge in [-0.25, -0.2) is 8.42 Å². The summed E-state index contributed by atoms with van der Waals surface area (Å²) < 4.78 is 26.8. The third-order valence-corrected chi connectivity index (χ3v) is 5.76. The monoisotopic (exact) mass is 321 g/mol. The van der Waals surface area contributed by atoms with Gasteiger partial charge in [0.25, 0.3) is 0 Å². The van der Waals surface area contributed by atoms with E-state index in [-0.39, 0.29) is 16.8 Å². The second kappa shape index (κ2) is 6.00. The van der Waals surface area contributed by atoms with Gasteiger partial charge < -0.3 is 0 Å². The summed E-state index contributed by atoms with van der Waals surface area (Å²) in [6.45, 7) is 2.54. The van der Waals surface area contributed by atoms with Gasteiger partial charge in [0, 0.05) is 23.5 Å². The Balaban J connectivity index is 2.34. The average Bonchev–Trinajstić information content (AvgIpc) is 3.19. The van der Waals surface area contributed by atoms with Crippen molar-refractivity contribution in [2.24, 2.45) is 0 Å². The van der Waals surface area contributed by atoms with Crippen molar-refractivity contribution in [1.82, 2.24) is 4.31 Å². The Hall–Kier alpha value is -0.290. The fourth-order valence-electron chi connectivity index (χ4n) is 2.01. The Morgan fingerprint density at radius 2 is 2.05 bits per heavy atom. The molecule has 1 saturated carbocycles. The Morgan fingerprint density at radius 3 is 2.53 bits per heavy atom. The Morgan fingerprint density at radius 1 is 1.37 bits per heavy atom. The lowest BCUT2D eigenvalue weighted by Gasteiger charge is -2.21. The van der Waals surface area contributed by atoms with Crippen LogP contribution >= 0.6 is 23.2 Å². The molecule has 3 nitrogen and oxygen atoms in total. The molecule has 0 N–H and O–H groups in total. The quantitative estimate of drug-likeness (QED) is 0.750. The summed E-state index contributed by atoms with van der Waals surface area (Å²) in [5.41, 5.74) is 0.746. The predicted octanol–water partition coefficient (Wildman–Crippen LogP) is 3.64. The molecule has 0 aromatic heterocycles. The summed E-state index contributed by atoms with van der Waals surface area (Å²) >= 11 is 11.8. The van der Waals surface area contributed by atoms with Crippen LogP contribution in [-0.4, -0.2) is 25.3 Å². The lowest BCUT2D eigenvalue weighted by molar-refractivity contribution is 0.403. The van der Waals surface area contributed by atoms with Gasteiger partial charge in [0.2, 0.25) is 10.0 Å². The molecule has 6 heteroatoms. The van der Waals surface area contributed by atoms with Crippen LogP contribution in [0.25, 0.3) is 0 Å². The molecule has 2 rings (SSSR count). The lowest BCUT2D eigenvalue weighted by Crippen LogP contribution is -2.33. The first-order valence-corrected chi connectivity index (χ1v) is 8.72. The maximum Gasteiger partial charge on any atom is 0.243 e. The van der Waals surface area contributed by atoms with Gasteiger partial charge in [0.1, 0.15) is 0 Å². The minimum absolute atomic E-state index is 0.163. The van der Waals surface area contributed by atoms with Crippen molar-refractivity contribution in [3.05, 3.63) is 28.8 Å². The number of nitrogens with zero attached hydrogens (tertiary/aromatic N) is 1. The molecule has 0 unspecified atom stereocenters. The van der Waals surface area contributed by atoms with Crippen molar-refractivity contribution in [2.75, 3.05) is 6.54 Å². The zero-order chi connectivity index (χ0) is 14.0. The highest BCUT2D eigenvalue weighted by Crippen LogP contribution is 2.33. The zero-order valence-corrected chi connectivity index (χ0v) is 13.1. The van der Waals surface area contributed by atoms with Crippen molar-refractivity contribution in [3.8, 4) is 0 Å². The highest BCUT2D eigenvalue weighted by Gasteiger charge is 2.37. The van der Waals surface area contributed by atoms with Crippen LogP contribution in [0.5, 0.6) is 0 Å². The SMILES string of the molecule is CCCN(C1CC1)S(=O)(=O)c1ccc(CCl)c(Cl)c1. The van der Waals surface area contributed by atoms with Crippen LogP contribution in [0.2, 0.25) is 5.02 Å². The van der Waals surface area contributed by atoms with E-state index in [4.69, 9.17) is 23.2 Å². The molecule has 1 aliphatic rings. The van der Waals surface area contributed by atoms with Crippen LogP contribution in [0.4, 0.5) is 0 Å². The number of benzene rings is 1. The van der Waals surface area contributed by atoms with Crippen LogP contribution in [0.1, 0.15) is 31.7 Å². The summed E-state index contributed by atoms with van der Waals surface area (Å²) in [5, 5.41) is 0.406. The second-order valence-electron chi connectivity index (χ2n) is 4.73. The Bertz CT molecular complexity index is 556. The lowest BCUT2D eigenvalue weighted by atomic mass is 10.2. The van der Waals surface area contributed by atoms with E-state index in [1.54, 1.807) is 16.4 Å². The minimum Gasteiger partial charge on any atom is -0.207 e. The average molecular weight is 322 g/mol. The van der Waals surface area contributed by atoms with Gasteiger partial charge in [-0.1, -0.05) is 24.6 Å². The highest BCUT2D eigenvalue weighted by atomic mass is 35.5. The van der Waals surface area contributed by atoms with Gasteiger partial charge in [0.05, 0.1) is 4.90 Å². The molecule has 1 aromatic rings. The number of alkyl halides is 1. The summed E-state index contributed by atoms with van der Waals surface area (Å²) in [5.74, 6) is 0.278. The van der Waals surface area contributed by atoms with Crippen molar-refractivity contribution in [2.45, 2.75) is 43.0 Å². The van der Waals surface area contributed by atoms with E-state index in [0.29, 0.717) is 11.6 Å². The minimum atomic E-state index is -3.44. The predicted molar refractivity (Wildman–Crippen MR) is 78.2 cm³/mol. The molecule has 1 fully saturated rings. The standard InChI is InChI=1S/C13H17Cl2NO2S/c1-2-7-16(11-4-5-11)19(17,18)12-6-3-10(9-14)13(15)8-12/h3,6,8,11H,2,4-5,7,9H2,1H3. The largest absolute Gasteiger partial charge is 0.243 e. The molecular formula is C13H17Cl2NO2S. The molecule has 0 heterocycles. The van der Waals surface area contributed by atoms with E-state index in [9.17, 15) is 8.42 Å². The molecule has 0 amide bonds. The van der Waals surface area contributed by atoms with Crippen LogP contribution in [0.15, 0.2) is 23.1 Å². The van der Waals surface area contributed by atoms with Gasteiger partial charge in [-0.2, -0.15) is 4.31 Å². The zero-order valence-electron chi connectivity index (χ0n) is 10.8. The molecular weight excluding hydrogens is 305 g/mol. The van der Waals surface area contributed by atoms with Gasteiger partial charge in [0.15, 0.2) is 0 Å². The number of halogens is 2. The van der Waals surface area contributed by atoms with Crippen molar-refractivity contribution < 1.29 is 8.42 Å². The Labute approximate surface area is 124 Å². The molecule has 0 bridgehead atoms. The molecule has 1 aliphatic carbocycles. The number of sulfonamides is 1. The third kappa shape index (κ3) is 3.24. The van der Waals surface area contributed by atoms with E-state index in [1.165, 1.54) is 6.07 Å². The van der Waals surface area contributed by atoms with Crippen molar-refractivity contribution in [1.29, 1.82) is 0 Å². The first kappa shape index (κ1) is 15.1. The van der Waals surface area contributed by atoms with Gasteiger partial charge in [-0.05, 0) is 37.0 Å². The van der Waals surface area contributed by atoms with Crippen LogP contribution in [-0.2, 0) is 15.9 Å². The molecule has 0 radical (unpaired) electrons. The maximum absolute atomic E-state index is 12.6. The Kier molecular flexibility index (Phi) is 4.77. The topological polar surface area (TPSA) is 37.4 Å². The molecule has 1 aromatic carbocycles. The molecule has 106 valence electrons. The summed E-state index contributed by atoms with van der Waals surface area (Å²) in [7, 11) is -3.44. The number of hydrogen-bond donors (Lipinski definition) is 0. The molecule has 0 aliphatic heterocycles. The fraction of sp³-hybridized carbons (Fsp3) is 0.538. The normalized spacial score (nSPS) is 16.0. The van der Waals surface area contributed by atoms with Crippen LogP contribution in [0.3, 0.4) is 0 Å². The van der Waals surface area contributed by atoms with Crippen LogP contribution < -0.4 is 0 Å². The maximum atomic E-state index is 12.6. The van der Waals surface area contributed by atoms with Crippen molar-refractivity contribution in [3.63, 3.8) is 0 Å². The first-order chi connectivity index (χ1) is 9.00. The number of rotatable bonds is 6.